The molecule has 2 N–H and O–H groups in total. The van der Waals surface area contributed by atoms with Gasteiger partial charge in [0.1, 0.15) is 5.65 Å². The van der Waals surface area contributed by atoms with Crippen LogP contribution in [0, 0.1) is 5.41 Å². The lowest BCUT2D eigenvalue weighted by molar-refractivity contribution is 0.279. The number of fused-ring (bicyclic) bond motifs is 1. The molecular formula is C15H22N4. The van der Waals surface area contributed by atoms with Gasteiger partial charge in [-0.25, -0.2) is 4.98 Å². The van der Waals surface area contributed by atoms with Gasteiger partial charge in [0.05, 0.1) is 5.69 Å². The summed E-state index contributed by atoms with van der Waals surface area (Å²) >= 11 is 0. The molecule has 0 unspecified atom stereocenters. The Morgan fingerprint density at radius 3 is 2.68 bits per heavy atom. The van der Waals surface area contributed by atoms with Gasteiger partial charge in [-0.05, 0) is 30.4 Å². The lowest BCUT2D eigenvalue weighted by Gasteiger charge is -2.37. The third-order valence-corrected chi connectivity index (χ3v) is 4.22. The molecule has 0 amide bonds. The van der Waals surface area contributed by atoms with E-state index in [0.29, 0.717) is 12.0 Å². The number of hydrogen-bond donors (Lipinski definition) is 1. The van der Waals surface area contributed by atoms with Gasteiger partial charge in [-0.2, -0.15) is 0 Å². The second-order valence-corrected chi connectivity index (χ2v) is 6.17. The molecule has 1 aliphatic heterocycles. The summed E-state index contributed by atoms with van der Waals surface area (Å²) in [6.45, 7) is 7.36. The van der Waals surface area contributed by atoms with Crippen LogP contribution in [0.15, 0.2) is 24.4 Å². The van der Waals surface area contributed by atoms with Crippen molar-refractivity contribution in [1.82, 2.24) is 9.38 Å². The highest BCUT2D eigenvalue weighted by Gasteiger charge is 2.27. The van der Waals surface area contributed by atoms with E-state index >= 15 is 0 Å². The molecule has 4 nitrogen and oxygen atoms in total. The van der Waals surface area contributed by atoms with Gasteiger partial charge in [-0.3, -0.25) is 0 Å². The molecule has 0 spiro atoms. The van der Waals surface area contributed by atoms with Crippen molar-refractivity contribution in [3.8, 4) is 0 Å². The van der Waals surface area contributed by atoms with E-state index in [1.165, 1.54) is 12.8 Å². The molecule has 0 radical (unpaired) electrons. The van der Waals surface area contributed by atoms with Crippen LogP contribution in [0.2, 0.25) is 0 Å². The smallest absolute Gasteiger partial charge is 0.152 e. The zero-order valence-electron chi connectivity index (χ0n) is 11.8. The van der Waals surface area contributed by atoms with Crippen LogP contribution in [0.5, 0.6) is 0 Å². The first-order chi connectivity index (χ1) is 9.11. The Balaban J connectivity index is 1.97. The molecule has 1 saturated heterocycles. The molecule has 1 aliphatic rings. The monoisotopic (exact) mass is 258 g/mol. The number of nitrogens with zero attached hydrogens (tertiary/aromatic N) is 3. The fourth-order valence-corrected chi connectivity index (χ4v) is 2.80. The van der Waals surface area contributed by atoms with Gasteiger partial charge in [0, 0.05) is 25.8 Å². The largest absolute Gasteiger partial charge is 0.355 e. The number of aromatic nitrogens is 2. The van der Waals surface area contributed by atoms with E-state index in [1.54, 1.807) is 0 Å². The molecule has 0 bridgehead atoms. The molecular weight excluding hydrogens is 236 g/mol. The summed E-state index contributed by atoms with van der Waals surface area (Å²) in [4.78, 5) is 7.15. The van der Waals surface area contributed by atoms with Crippen molar-refractivity contribution in [2.45, 2.75) is 33.2 Å². The van der Waals surface area contributed by atoms with Crippen LogP contribution < -0.4 is 10.6 Å². The van der Waals surface area contributed by atoms with E-state index in [0.717, 1.165) is 30.2 Å². The van der Waals surface area contributed by atoms with Crippen molar-refractivity contribution >= 4 is 11.5 Å². The molecule has 102 valence electrons. The average Bonchev–Trinajstić information content (AvgIpc) is 2.77. The Morgan fingerprint density at radius 2 is 2.00 bits per heavy atom. The van der Waals surface area contributed by atoms with E-state index in [2.05, 4.69) is 23.1 Å². The summed E-state index contributed by atoms with van der Waals surface area (Å²) in [5, 5.41) is 0. The van der Waals surface area contributed by atoms with Crippen LogP contribution in [0.4, 0.5) is 5.82 Å². The van der Waals surface area contributed by atoms with E-state index in [4.69, 9.17) is 10.7 Å². The summed E-state index contributed by atoms with van der Waals surface area (Å²) in [5.41, 5.74) is 8.50. The van der Waals surface area contributed by atoms with Crippen LogP contribution in [-0.2, 0) is 6.54 Å². The standard InChI is InChI=1S/C15H22N4/c1-15(2)6-9-18(10-7-15)14-12(11-16)19-8-4-3-5-13(19)17-14/h3-5,8H,6-7,9-11,16H2,1-2H3. The molecule has 2 aromatic heterocycles. The fraction of sp³-hybridized carbons (Fsp3) is 0.533. The number of nitrogens with two attached hydrogens (primary N) is 1. The molecule has 3 rings (SSSR count). The quantitative estimate of drug-likeness (QED) is 0.900. The van der Waals surface area contributed by atoms with E-state index < -0.39 is 0 Å². The van der Waals surface area contributed by atoms with Crippen molar-refractivity contribution in [2.75, 3.05) is 18.0 Å². The van der Waals surface area contributed by atoms with Crippen molar-refractivity contribution in [1.29, 1.82) is 0 Å². The minimum Gasteiger partial charge on any atom is -0.355 e. The first-order valence-corrected chi connectivity index (χ1v) is 7.02. The molecule has 4 heteroatoms. The van der Waals surface area contributed by atoms with Gasteiger partial charge in [0.15, 0.2) is 5.82 Å². The predicted octanol–water partition coefficient (Wildman–Crippen LogP) is 2.42. The summed E-state index contributed by atoms with van der Waals surface area (Å²) in [6, 6.07) is 6.08. The van der Waals surface area contributed by atoms with Crippen molar-refractivity contribution in [2.24, 2.45) is 11.1 Å². The fourth-order valence-electron chi connectivity index (χ4n) is 2.80. The Labute approximate surface area is 114 Å². The Hall–Kier alpha value is -1.55. The second-order valence-electron chi connectivity index (χ2n) is 6.17. The number of anilines is 1. The van der Waals surface area contributed by atoms with Crippen molar-refractivity contribution < 1.29 is 0 Å². The van der Waals surface area contributed by atoms with Gasteiger partial charge >= 0.3 is 0 Å². The maximum atomic E-state index is 5.93. The molecule has 0 aliphatic carbocycles. The Kier molecular flexibility index (Phi) is 2.97. The van der Waals surface area contributed by atoms with Crippen LogP contribution in [-0.4, -0.2) is 22.5 Å². The molecule has 0 saturated carbocycles. The molecule has 2 aromatic rings. The molecule has 19 heavy (non-hydrogen) atoms. The minimum absolute atomic E-state index is 0.457. The summed E-state index contributed by atoms with van der Waals surface area (Å²) in [7, 11) is 0. The Morgan fingerprint density at radius 1 is 1.26 bits per heavy atom. The number of rotatable bonds is 2. The normalized spacial score (nSPS) is 19.0. The van der Waals surface area contributed by atoms with Gasteiger partial charge < -0.3 is 15.0 Å². The van der Waals surface area contributed by atoms with Crippen LogP contribution in [0.3, 0.4) is 0 Å². The van der Waals surface area contributed by atoms with Crippen molar-refractivity contribution in [3.05, 3.63) is 30.1 Å². The first-order valence-electron chi connectivity index (χ1n) is 7.02. The molecule has 3 heterocycles. The van der Waals surface area contributed by atoms with E-state index in [9.17, 15) is 0 Å². The van der Waals surface area contributed by atoms with Crippen LogP contribution >= 0.6 is 0 Å². The highest BCUT2D eigenvalue weighted by molar-refractivity contribution is 5.56. The van der Waals surface area contributed by atoms with Crippen LogP contribution in [0.1, 0.15) is 32.4 Å². The van der Waals surface area contributed by atoms with Gasteiger partial charge in [-0.1, -0.05) is 19.9 Å². The number of hydrogen-bond acceptors (Lipinski definition) is 3. The van der Waals surface area contributed by atoms with Crippen LogP contribution in [0.25, 0.3) is 5.65 Å². The molecule has 1 fully saturated rings. The number of piperidine rings is 1. The van der Waals surface area contributed by atoms with Crippen molar-refractivity contribution in [3.63, 3.8) is 0 Å². The molecule has 0 atom stereocenters. The Bertz CT molecular complexity index is 575. The average molecular weight is 258 g/mol. The highest BCUT2D eigenvalue weighted by atomic mass is 15.2. The number of pyridine rings is 1. The van der Waals surface area contributed by atoms with Gasteiger partial charge in [-0.15, -0.1) is 0 Å². The number of imidazole rings is 1. The first kappa shape index (κ1) is 12.5. The van der Waals surface area contributed by atoms with E-state index in [1.807, 2.05) is 24.4 Å². The third-order valence-electron chi connectivity index (χ3n) is 4.22. The summed E-state index contributed by atoms with van der Waals surface area (Å²) in [5.74, 6) is 1.07. The highest BCUT2D eigenvalue weighted by Crippen LogP contribution is 2.33. The lowest BCUT2D eigenvalue weighted by Crippen LogP contribution is -2.38. The summed E-state index contributed by atoms with van der Waals surface area (Å²) < 4.78 is 2.11. The maximum absolute atomic E-state index is 5.93. The van der Waals surface area contributed by atoms with Gasteiger partial charge in [0.2, 0.25) is 0 Å². The summed E-state index contributed by atoms with van der Waals surface area (Å²) in [6.07, 6.45) is 4.47. The van der Waals surface area contributed by atoms with E-state index in [-0.39, 0.29) is 0 Å². The second kappa shape index (κ2) is 4.53. The molecule has 0 aromatic carbocycles. The SMILES string of the molecule is CC1(C)CCN(c2nc3ccccn3c2CN)CC1. The predicted molar refractivity (Wildman–Crippen MR) is 78.3 cm³/mol. The lowest BCUT2D eigenvalue weighted by atomic mass is 9.83. The topological polar surface area (TPSA) is 46.6 Å². The zero-order chi connectivity index (χ0) is 13.5. The zero-order valence-corrected chi connectivity index (χ0v) is 11.8. The maximum Gasteiger partial charge on any atom is 0.152 e. The minimum atomic E-state index is 0.457. The third kappa shape index (κ3) is 2.21. The van der Waals surface area contributed by atoms with Gasteiger partial charge in [0.25, 0.3) is 0 Å².